The third kappa shape index (κ3) is 3.29. The Labute approximate surface area is 138 Å². The topological polar surface area (TPSA) is 37.4 Å². The molecule has 3 rings (SSSR count). The van der Waals surface area contributed by atoms with Crippen molar-refractivity contribution in [3.63, 3.8) is 0 Å². The summed E-state index contributed by atoms with van der Waals surface area (Å²) in [6.07, 6.45) is 4.22. The molecule has 1 heterocycles. The second-order valence-corrected chi connectivity index (χ2v) is 5.53. The van der Waals surface area contributed by atoms with Gasteiger partial charge in [0.1, 0.15) is 0 Å². The zero-order chi connectivity index (χ0) is 16.8. The van der Waals surface area contributed by atoms with Gasteiger partial charge >= 0.3 is 0 Å². The summed E-state index contributed by atoms with van der Waals surface area (Å²) in [4.78, 5) is 26.6. The first-order valence-electron chi connectivity index (χ1n) is 8.62. The van der Waals surface area contributed by atoms with Crippen molar-refractivity contribution in [1.82, 2.24) is 4.90 Å². The predicted molar refractivity (Wildman–Crippen MR) is 94.8 cm³/mol. The number of hydrogen-bond donors (Lipinski definition) is 0. The van der Waals surface area contributed by atoms with Crippen molar-refractivity contribution < 1.29 is 9.59 Å². The number of rotatable bonds is 5. The van der Waals surface area contributed by atoms with Crippen LogP contribution in [0.25, 0.3) is 10.8 Å². The lowest BCUT2D eigenvalue weighted by atomic mass is 9.94. The first kappa shape index (κ1) is 17.2. The molecule has 23 heavy (non-hydrogen) atoms. The van der Waals surface area contributed by atoms with Crippen molar-refractivity contribution in [2.24, 2.45) is 0 Å². The van der Waals surface area contributed by atoms with Gasteiger partial charge in [0.05, 0.1) is 0 Å². The molecule has 0 unspecified atom stereocenters. The van der Waals surface area contributed by atoms with Crippen molar-refractivity contribution in [1.29, 1.82) is 0 Å². The Morgan fingerprint density at radius 1 is 0.826 bits per heavy atom. The lowest BCUT2D eigenvalue weighted by Crippen LogP contribution is -2.40. The van der Waals surface area contributed by atoms with Crippen LogP contribution in [-0.4, -0.2) is 23.3 Å². The fourth-order valence-electron chi connectivity index (χ4n) is 2.98. The average molecular weight is 311 g/mol. The minimum atomic E-state index is -0.152. The van der Waals surface area contributed by atoms with Crippen molar-refractivity contribution in [3.8, 4) is 0 Å². The molecule has 0 saturated carbocycles. The molecule has 0 spiro atoms. The van der Waals surface area contributed by atoms with E-state index in [9.17, 15) is 9.59 Å². The molecule has 0 saturated heterocycles. The molecule has 0 bridgehead atoms. The van der Waals surface area contributed by atoms with E-state index in [1.54, 1.807) is 0 Å². The van der Waals surface area contributed by atoms with E-state index in [0.29, 0.717) is 17.7 Å². The van der Waals surface area contributed by atoms with Gasteiger partial charge in [-0.1, -0.05) is 64.3 Å². The fourth-order valence-corrected chi connectivity index (χ4v) is 2.98. The van der Waals surface area contributed by atoms with Crippen LogP contribution in [0.4, 0.5) is 0 Å². The third-order valence-electron chi connectivity index (χ3n) is 4.09. The van der Waals surface area contributed by atoms with E-state index in [0.717, 1.165) is 36.5 Å². The smallest absolute Gasteiger partial charge is 0.261 e. The summed E-state index contributed by atoms with van der Waals surface area (Å²) < 4.78 is 0. The molecule has 2 amide bonds. The summed E-state index contributed by atoms with van der Waals surface area (Å²) in [5.41, 5.74) is 1.30. The van der Waals surface area contributed by atoms with E-state index >= 15 is 0 Å². The molecule has 1 aliphatic rings. The Morgan fingerprint density at radius 2 is 1.39 bits per heavy atom. The number of amides is 2. The number of carbonyl (C=O) groups excluding carboxylic acids is 2. The van der Waals surface area contributed by atoms with Crippen LogP contribution in [0.3, 0.4) is 0 Å². The first-order valence-corrected chi connectivity index (χ1v) is 8.62. The summed E-state index contributed by atoms with van der Waals surface area (Å²) in [5, 5.41) is 1.76. The maximum atomic E-state index is 12.6. The zero-order valence-corrected chi connectivity index (χ0v) is 14.3. The van der Waals surface area contributed by atoms with Gasteiger partial charge in [-0.3, -0.25) is 14.5 Å². The van der Waals surface area contributed by atoms with E-state index in [-0.39, 0.29) is 11.8 Å². The van der Waals surface area contributed by atoms with Gasteiger partial charge in [0.15, 0.2) is 0 Å². The zero-order valence-electron chi connectivity index (χ0n) is 14.3. The van der Waals surface area contributed by atoms with Gasteiger partial charge in [0.25, 0.3) is 11.8 Å². The summed E-state index contributed by atoms with van der Waals surface area (Å²) >= 11 is 0. The normalized spacial score (nSPS) is 13.1. The fraction of sp³-hybridized carbons (Fsp3) is 0.400. The Bertz CT molecular complexity index is 655. The Hall–Kier alpha value is -2.16. The molecular weight excluding hydrogens is 286 g/mol. The van der Waals surface area contributed by atoms with E-state index in [1.807, 2.05) is 50.2 Å². The number of benzene rings is 2. The van der Waals surface area contributed by atoms with Gasteiger partial charge < -0.3 is 0 Å². The van der Waals surface area contributed by atoms with Crippen LogP contribution in [0.2, 0.25) is 0 Å². The van der Waals surface area contributed by atoms with Gasteiger partial charge in [-0.05, 0) is 23.9 Å². The van der Waals surface area contributed by atoms with Crippen LogP contribution in [-0.2, 0) is 0 Å². The number of carbonyl (C=O) groups is 2. The van der Waals surface area contributed by atoms with Crippen LogP contribution in [0.15, 0.2) is 36.4 Å². The maximum Gasteiger partial charge on any atom is 0.261 e. The van der Waals surface area contributed by atoms with Crippen LogP contribution >= 0.6 is 0 Å². The quantitative estimate of drug-likeness (QED) is 0.573. The molecule has 0 aromatic heterocycles. The Balaban J connectivity index is 0.000000924. The summed E-state index contributed by atoms with van der Waals surface area (Å²) in [6, 6.07) is 11.3. The first-order chi connectivity index (χ1) is 11.2. The molecule has 1 aliphatic heterocycles. The van der Waals surface area contributed by atoms with Gasteiger partial charge in [-0.25, -0.2) is 0 Å². The molecule has 0 atom stereocenters. The van der Waals surface area contributed by atoms with Crippen molar-refractivity contribution in [3.05, 3.63) is 47.5 Å². The highest BCUT2D eigenvalue weighted by Gasteiger charge is 2.31. The lowest BCUT2D eigenvalue weighted by molar-refractivity contribution is 0.0608. The van der Waals surface area contributed by atoms with Gasteiger partial charge in [0.2, 0.25) is 0 Å². The third-order valence-corrected chi connectivity index (χ3v) is 4.09. The number of nitrogens with zero attached hydrogens (tertiary/aromatic N) is 1. The Kier molecular flexibility index (Phi) is 5.91. The molecular formula is C20H25NO2. The van der Waals surface area contributed by atoms with Crippen molar-refractivity contribution >= 4 is 22.6 Å². The standard InChI is InChI=1S/C18H19NO2.C2H6/c1-2-3-4-5-12-19-17(20)14-10-6-8-13-9-7-11-15(16(13)14)18(19)21;1-2/h6-11H,2-5,12H2,1H3;1-2H3. The van der Waals surface area contributed by atoms with E-state index in [2.05, 4.69) is 6.92 Å². The highest BCUT2D eigenvalue weighted by atomic mass is 16.2. The highest BCUT2D eigenvalue weighted by molar-refractivity contribution is 6.25. The highest BCUT2D eigenvalue weighted by Crippen LogP contribution is 2.30. The molecule has 0 radical (unpaired) electrons. The van der Waals surface area contributed by atoms with E-state index < -0.39 is 0 Å². The maximum absolute atomic E-state index is 12.6. The molecule has 3 nitrogen and oxygen atoms in total. The van der Waals surface area contributed by atoms with Crippen LogP contribution < -0.4 is 0 Å². The summed E-state index contributed by atoms with van der Waals surface area (Å²) in [7, 11) is 0. The van der Waals surface area contributed by atoms with Gasteiger partial charge in [-0.2, -0.15) is 0 Å². The van der Waals surface area contributed by atoms with E-state index in [4.69, 9.17) is 0 Å². The minimum absolute atomic E-state index is 0.152. The SMILES string of the molecule is CC.CCCCCCN1C(=O)c2cccc3cccc(c23)C1=O. The lowest BCUT2D eigenvalue weighted by Gasteiger charge is -2.27. The summed E-state index contributed by atoms with van der Waals surface area (Å²) in [5.74, 6) is -0.304. The largest absolute Gasteiger partial charge is 0.274 e. The second kappa shape index (κ2) is 7.91. The minimum Gasteiger partial charge on any atom is -0.274 e. The van der Waals surface area contributed by atoms with Crippen molar-refractivity contribution in [2.75, 3.05) is 6.54 Å². The second-order valence-electron chi connectivity index (χ2n) is 5.53. The number of imide groups is 1. The van der Waals surface area contributed by atoms with Crippen molar-refractivity contribution in [2.45, 2.75) is 46.5 Å². The molecule has 2 aromatic carbocycles. The average Bonchev–Trinajstić information content (AvgIpc) is 2.60. The molecule has 122 valence electrons. The molecule has 0 aliphatic carbocycles. The van der Waals surface area contributed by atoms with Gasteiger partial charge in [-0.15, -0.1) is 0 Å². The number of hydrogen-bond acceptors (Lipinski definition) is 2. The van der Waals surface area contributed by atoms with Gasteiger partial charge in [0, 0.05) is 23.1 Å². The molecule has 3 heteroatoms. The monoisotopic (exact) mass is 311 g/mol. The van der Waals surface area contributed by atoms with Crippen LogP contribution in [0.5, 0.6) is 0 Å². The molecule has 2 aromatic rings. The van der Waals surface area contributed by atoms with Crippen LogP contribution in [0, 0.1) is 0 Å². The Morgan fingerprint density at radius 3 is 1.91 bits per heavy atom. The van der Waals surface area contributed by atoms with Crippen LogP contribution in [0.1, 0.15) is 67.2 Å². The predicted octanol–water partition coefficient (Wildman–Crippen LogP) is 5.04. The van der Waals surface area contributed by atoms with E-state index in [1.165, 1.54) is 4.90 Å². The number of unbranched alkanes of at least 4 members (excludes halogenated alkanes) is 3. The summed E-state index contributed by atoms with van der Waals surface area (Å²) in [6.45, 7) is 6.66. The molecule has 0 N–H and O–H groups in total. The molecule has 0 fully saturated rings.